The van der Waals surface area contributed by atoms with Crippen LogP contribution < -0.4 is 11.0 Å². The predicted molar refractivity (Wildman–Crippen MR) is 116 cm³/mol. The van der Waals surface area contributed by atoms with Gasteiger partial charge in [0.1, 0.15) is 0 Å². The van der Waals surface area contributed by atoms with E-state index in [-0.39, 0.29) is 26.2 Å². The van der Waals surface area contributed by atoms with Crippen molar-refractivity contribution < 1.29 is 23.4 Å². The standard InChI is InChI=1S/C19H34BN2O5P/c1-6-25-19(5,26-7-2)28(24,27-8-3)13-18(22-20-14-23)12-16-11-17(21)10-9-15(16)4/h9-11,14,18,20,22H,6-8,12-13,21H2,1-5H3/t18-,28?/m1/s1. The quantitative estimate of drug-likeness (QED) is 0.159. The maximum atomic E-state index is 13.9. The van der Waals surface area contributed by atoms with Gasteiger partial charge in [0, 0.05) is 31.1 Å². The average molecular weight is 412 g/mol. The zero-order valence-corrected chi connectivity index (χ0v) is 18.6. The second-order valence-electron chi connectivity index (χ2n) is 6.70. The Kier molecular flexibility index (Phi) is 10.4. The fourth-order valence-electron chi connectivity index (χ4n) is 3.20. The summed E-state index contributed by atoms with van der Waals surface area (Å²) in [6.45, 7) is 10.1. The third-order valence-electron chi connectivity index (χ3n) is 4.57. The lowest BCUT2D eigenvalue weighted by atomic mass is 9.93. The number of nitrogen functional groups attached to an aromatic ring is 1. The molecule has 0 aliphatic carbocycles. The number of ether oxygens (including phenoxy) is 2. The lowest BCUT2D eigenvalue weighted by molar-refractivity contribution is -0.168. The number of aryl methyl sites for hydroxylation is 1. The number of anilines is 1. The third-order valence-corrected chi connectivity index (χ3v) is 7.66. The van der Waals surface area contributed by atoms with E-state index in [1.54, 1.807) is 13.8 Å². The Hall–Kier alpha value is -1.18. The van der Waals surface area contributed by atoms with Gasteiger partial charge < -0.3 is 29.8 Å². The van der Waals surface area contributed by atoms with E-state index in [0.29, 0.717) is 25.3 Å². The Balaban J connectivity index is 3.21. The monoisotopic (exact) mass is 412 g/mol. The van der Waals surface area contributed by atoms with Crippen LogP contribution in [-0.2, 0) is 29.8 Å². The van der Waals surface area contributed by atoms with Crippen molar-refractivity contribution >= 4 is 26.7 Å². The highest BCUT2D eigenvalue weighted by atomic mass is 31.2. The van der Waals surface area contributed by atoms with Crippen molar-refractivity contribution in [3.05, 3.63) is 29.3 Å². The first-order valence-electron chi connectivity index (χ1n) is 9.78. The van der Waals surface area contributed by atoms with Crippen molar-refractivity contribution in [2.75, 3.05) is 31.7 Å². The second-order valence-corrected chi connectivity index (χ2v) is 9.48. The van der Waals surface area contributed by atoms with Crippen LogP contribution in [0.4, 0.5) is 5.69 Å². The van der Waals surface area contributed by atoms with Gasteiger partial charge in [0.2, 0.25) is 5.53 Å². The molecule has 0 saturated heterocycles. The van der Waals surface area contributed by atoms with E-state index in [2.05, 4.69) is 5.23 Å². The first-order chi connectivity index (χ1) is 13.2. The van der Waals surface area contributed by atoms with E-state index in [1.165, 1.54) is 0 Å². The van der Waals surface area contributed by atoms with E-state index in [4.69, 9.17) is 19.7 Å². The molecule has 1 rings (SSSR count). The summed E-state index contributed by atoms with van der Waals surface area (Å²) >= 11 is 0. The van der Waals surface area contributed by atoms with Gasteiger partial charge in [-0.2, -0.15) is 0 Å². The molecule has 1 unspecified atom stereocenters. The summed E-state index contributed by atoms with van der Waals surface area (Å²) in [5, 5.41) is 3.16. The number of hydrogen-bond acceptors (Lipinski definition) is 7. The smallest absolute Gasteiger partial charge is 0.278 e. The molecule has 3 N–H and O–H groups in total. The Labute approximate surface area is 169 Å². The minimum Gasteiger partial charge on any atom is -0.399 e. The summed E-state index contributed by atoms with van der Waals surface area (Å²) in [6.07, 6.45) is 1.50. The summed E-state index contributed by atoms with van der Waals surface area (Å²) in [5.74, 6) is 0. The molecule has 0 spiro atoms. The fourth-order valence-corrected chi connectivity index (χ4v) is 5.78. The number of hydrogen-bond donors (Lipinski definition) is 2. The first-order valence-corrected chi connectivity index (χ1v) is 11.6. The van der Waals surface area contributed by atoms with Crippen LogP contribution >= 0.6 is 7.37 Å². The lowest BCUT2D eigenvalue weighted by Gasteiger charge is -2.38. The molecule has 0 heterocycles. The molecule has 0 bridgehead atoms. The van der Waals surface area contributed by atoms with E-state index >= 15 is 0 Å². The molecule has 1 aromatic carbocycles. The maximum absolute atomic E-state index is 13.9. The van der Waals surface area contributed by atoms with Crippen molar-refractivity contribution in [1.82, 2.24) is 5.23 Å². The van der Waals surface area contributed by atoms with Crippen LogP contribution in [0.25, 0.3) is 0 Å². The molecular weight excluding hydrogens is 378 g/mol. The van der Waals surface area contributed by atoms with Crippen molar-refractivity contribution in [2.24, 2.45) is 0 Å². The predicted octanol–water partition coefficient (Wildman–Crippen LogP) is 2.68. The van der Waals surface area contributed by atoms with Gasteiger partial charge in [-0.3, -0.25) is 4.57 Å². The SMILES string of the molecule is CCOC(C)(OCC)P(=O)(C[C@@H](Cc1cc(N)ccc1C)NBC=O)OCC. The van der Waals surface area contributed by atoms with Crippen molar-refractivity contribution in [1.29, 1.82) is 0 Å². The molecule has 28 heavy (non-hydrogen) atoms. The number of carbonyl (C=O) groups excluding carboxylic acids is 1. The Morgan fingerprint density at radius 3 is 2.43 bits per heavy atom. The van der Waals surface area contributed by atoms with Crippen molar-refractivity contribution in [3.63, 3.8) is 0 Å². The molecule has 9 heteroatoms. The van der Waals surface area contributed by atoms with Gasteiger partial charge >= 0.3 is 0 Å². The summed E-state index contributed by atoms with van der Waals surface area (Å²) in [7, 11) is -3.24. The molecule has 0 saturated carbocycles. The molecule has 0 amide bonds. The number of carbonyl (C=O) groups is 1. The average Bonchev–Trinajstić information content (AvgIpc) is 2.63. The topological polar surface area (TPSA) is 99.9 Å². The molecular formula is C19H34BN2O5P. The fraction of sp³-hybridized carbons (Fsp3) is 0.632. The molecule has 0 aliphatic heterocycles. The minimum atomic E-state index is -3.39. The van der Waals surface area contributed by atoms with Gasteiger partial charge in [-0.25, -0.2) is 0 Å². The summed E-state index contributed by atoms with van der Waals surface area (Å²) in [4.78, 5) is 10.9. The molecule has 0 aliphatic rings. The summed E-state index contributed by atoms with van der Waals surface area (Å²) in [5.41, 5.74) is 7.35. The van der Waals surface area contributed by atoms with Crippen LogP contribution in [0.1, 0.15) is 38.8 Å². The minimum absolute atomic E-state index is 0.151. The second kappa shape index (κ2) is 11.7. The molecule has 0 radical (unpaired) electrons. The van der Waals surface area contributed by atoms with E-state index in [9.17, 15) is 9.36 Å². The summed E-state index contributed by atoms with van der Waals surface area (Å²) in [6, 6.07) is 5.43. The molecule has 158 valence electrons. The Morgan fingerprint density at radius 2 is 1.89 bits per heavy atom. The van der Waals surface area contributed by atoms with Gasteiger partial charge in [-0.15, -0.1) is 0 Å². The first kappa shape index (κ1) is 24.9. The van der Waals surface area contributed by atoms with Gasteiger partial charge in [0.15, 0.2) is 0 Å². The van der Waals surface area contributed by atoms with Crippen LogP contribution in [0.2, 0.25) is 0 Å². The van der Waals surface area contributed by atoms with Gasteiger partial charge in [-0.1, -0.05) is 6.07 Å². The van der Waals surface area contributed by atoms with Crippen molar-refractivity contribution in [3.8, 4) is 0 Å². The maximum Gasteiger partial charge on any atom is 0.278 e. The number of benzene rings is 1. The van der Waals surface area contributed by atoms with Crippen LogP contribution in [0.5, 0.6) is 0 Å². The van der Waals surface area contributed by atoms with Crippen LogP contribution in [0.3, 0.4) is 0 Å². The van der Waals surface area contributed by atoms with Crippen LogP contribution in [0, 0.1) is 6.92 Å². The highest BCUT2D eigenvalue weighted by Gasteiger charge is 2.48. The molecule has 0 fully saturated rings. The Bertz CT molecular complexity index is 668. The zero-order valence-electron chi connectivity index (χ0n) is 17.7. The zero-order chi connectivity index (χ0) is 21.2. The third kappa shape index (κ3) is 6.71. The van der Waals surface area contributed by atoms with Gasteiger partial charge in [0.05, 0.1) is 12.8 Å². The van der Waals surface area contributed by atoms with Gasteiger partial charge in [0.25, 0.3) is 14.8 Å². The number of nitrogens with one attached hydrogen (secondary N) is 1. The highest BCUT2D eigenvalue weighted by Crippen LogP contribution is 2.60. The van der Waals surface area contributed by atoms with E-state index < -0.39 is 12.9 Å². The Morgan fingerprint density at radius 1 is 1.25 bits per heavy atom. The molecule has 2 atom stereocenters. The molecule has 7 nitrogen and oxygen atoms in total. The molecule has 1 aromatic rings. The van der Waals surface area contributed by atoms with E-state index in [0.717, 1.165) is 17.3 Å². The lowest BCUT2D eigenvalue weighted by Crippen LogP contribution is -2.43. The van der Waals surface area contributed by atoms with Crippen LogP contribution in [-0.4, -0.2) is 51.2 Å². The summed E-state index contributed by atoms with van der Waals surface area (Å²) < 4.78 is 31.2. The highest BCUT2D eigenvalue weighted by molar-refractivity contribution is 7.60. The largest absolute Gasteiger partial charge is 0.399 e. The van der Waals surface area contributed by atoms with E-state index in [1.807, 2.05) is 39.0 Å². The molecule has 0 aromatic heterocycles. The normalized spacial score (nSPS) is 15.0. The van der Waals surface area contributed by atoms with Crippen LogP contribution in [0.15, 0.2) is 18.2 Å². The van der Waals surface area contributed by atoms with Crippen molar-refractivity contribution in [2.45, 2.75) is 52.6 Å². The van der Waals surface area contributed by atoms with Gasteiger partial charge in [-0.05, 0) is 64.3 Å². The number of rotatable bonds is 14. The number of nitrogens with two attached hydrogens (primary N) is 1.